The molecule has 0 saturated carbocycles. The van der Waals surface area contributed by atoms with Crippen LogP contribution >= 0.6 is 11.6 Å². The van der Waals surface area contributed by atoms with Crippen LogP contribution in [0.3, 0.4) is 0 Å². The number of piperazine rings is 1. The Morgan fingerprint density at radius 3 is 2.39 bits per heavy atom. The van der Waals surface area contributed by atoms with Crippen LogP contribution in [0.5, 0.6) is 5.75 Å². The highest BCUT2D eigenvalue weighted by atomic mass is 35.5. The van der Waals surface area contributed by atoms with Gasteiger partial charge in [-0.2, -0.15) is 13.2 Å². The number of rotatable bonds is 7. The Morgan fingerprint density at radius 2 is 1.73 bits per heavy atom. The molecule has 0 aliphatic carbocycles. The summed E-state index contributed by atoms with van der Waals surface area (Å²) in [5, 5.41) is 5.94. The second kappa shape index (κ2) is 12.9. The molecule has 0 spiro atoms. The van der Waals surface area contributed by atoms with Gasteiger partial charge in [0.15, 0.2) is 11.6 Å². The van der Waals surface area contributed by atoms with Crippen molar-refractivity contribution in [3.8, 4) is 5.75 Å². The standard InChI is InChI=1S/C29H29ClF4N6O4/c1-29(36-15-21(38-29)19-4-5-22(44-28(33)34)24(32)23(19)31)27(43)37-17-2-3-18(20(30)14-17)26(42)40-12-10-39(11-13-40)25(41)16-6-8-35-9-7-16/h2-5,14-16,28,35H,6-13H2,1H3,(H,37,43). The molecule has 3 aliphatic heterocycles. The number of anilines is 1. The maximum atomic E-state index is 14.6. The van der Waals surface area contributed by atoms with Crippen LogP contribution in [-0.2, 0) is 9.59 Å². The third kappa shape index (κ3) is 6.55. The molecular formula is C29H29ClF4N6O4. The van der Waals surface area contributed by atoms with Gasteiger partial charge in [0.25, 0.3) is 11.8 Å². The lowest BCUT2D eigenvalue weighted by molar-refractivity contribution is -0.137. The number of aliphatic imine (C=N–C) groups is 2. The molecule has 0 radical (unpaired) electrons. The maximum absolute atomic E-state index is 14.6. The SMILES string of the molecule is CC1(C(=O)Nc2ccc(C(=O)N3CCN(C(=O)C4CCNCC4)CC3)c(Cl)c2)N=CC(c2ccc(OC(F)F)c(F)c2F)=N1. The summed E-state index contributed by atoms with van der Waals surface area (Å²) >= 11 is 6.42. The molecule has 44 heavy (non-hydrogen) atoms. The van der Waals surface area contributed by atoms with E-state index in [1.807, 2.05) is 4.90 Å². The van der Waals surface area contributed by atoms with Gasteiger partial charge in [0, 0.05) is 43.3 Å². The number of ether oxygens (including phenoxy) is 1. The Bertz CT molecular complexity index is 1530. The number of piperidine rings is 1. The van der Waals surface area contributed by atoms with Gasteiger partial charge < -0.3 is 25.2 Å². The Labute approximate surface area is 255 Å². The van der Waals surface area contributed by atoms with Crippen molar-refractivity contribution in [3.05, 3.63) is 58.1 Å². The van der Waals surface area contributed by atoms with E-state index in [-0.39, 0.29) is 39.7 Å². The Kier molecular flexibility index (Phi) is 9.20. The number of alkyl halides is 2. The van der Waals surface area contributed by atoms with Gasteiger partial charge in [0.1, 0.15) is 0 Å². The number of benzene rings is 2. The minimum Gasteiger partial charge on any atom is -0.432 e. The molecule has 5 rings (SSSR count). The highest BCUT2D eigenvalue weighted by Crippen LogP contribution is 2.29. The van der Waals surface area contributed by atoms with Gasteiger partial charge in [0.05, 0.1) is 22.5 Å². The summed E-state index contributed by atoms with van der Waals surface area (Å²) in [5.74, 6) is -4.98. The van der Waals surface area contributed by atoms with Gasteiger partial charge in [-0.15, -0.1) is 0 Å². The zero-order valence-corrected chi connectivity index (χ0v) is 24.3. The van der Waals surface area contributed by atoms with Gasteiger partial charge in [-0.3, -0.25) is 19.4 Å². The number of halogens is 5. The first-order valence-electron chi connectivity index (χ1n) is 13.9. The summed E-state index contributed by atoms with van der Waals surface area (Å²) in [6.45, 7) is 1.25. The molecular weight excluding hydrogens is 608 g/mol. The van der Waals surface area contributed by atoms with Crippen molar-refractivity contribution in [2.45, 2.75) is 32.0 Å². The van der Waals surface area contributed by atoms with Gasteiger partial charge in [0.2, 0.25) is 17.4 Å². The number of amides is 3. The highest BCUT2D eigenvalue weighted by molar-refractivity contribution is 6.40. The third-order valence-corrected chi connectivity index (χ3v) is 8.08. The number of hydrogen-bond acceptors (Lipinski definition) is 7. The van der Waals surface area contributed by atoms with Crippen LogP contribution in [0.1, 0.15) is 35.7 Å². The third-order valence-electron chi connectivity index (χ3n) is 7.77. The van der Waals surface area contributed by atoms with E-state index < -0.39 is 41.1 Å². The van der Waals surface area contributed by atoms with Crippen molar-refractivity contribution in [1.82, 2.24) is 15.1 Å². The maximum Gasteiger partial charge on any atom is 0.387 e. The summed E-state index contributed by atoms with van der Waals surface area (Å²) in [5.41, 5.74) is -1.88. The molecule has 2 aromatic carbocycles. The summed E-state index contributed by atoms with van der Waals surface area (Å²) < 4.78 is 57.6. The Morgan fingerprint density at radius 1 is 1.05 bits per heavy atom. The van der Waals surface area contributed by atoms with Gasteiger partial charge in [-0.1, -0.05) is 11.6 Å². The summed E-state index contributed by atoms with van der Waals surface area (Å²) in [6.07, 6.45) is 2.69. The van der Waals surface area contributed by atoms with Crippen LogP contribution in [0, 0.1) is 17.6 Å². The van der Waals surface area contributed by atoms with Crippen molar-refractivity contribution in [1.29, 1.82) is 0 Å². The van der Waals surface area contributed by atoms with Crippen molar-refractivity contribution >= 4 is 46.9 Å². The average molecular weight is 637 g/mol. The predicted octanol–water partition coefficient (Wildman–Crippen LogP) is 3.73. The molecule has 3 amide bonds. The number of carbonyl (C=O) groups is 3. The van der Waals surface area contributed by atoms with Gasteiger partial charge in [-0.25, -0.2) is 9.38 Å². The number of carbonyl (C=O) groups excluding carboxylic acids is 3. The fraction of sp³-hybridized carbons (Fsp3) is 0.414. The molecule has 2 aromatic rings. The largest absolute Gasteiger partial charge is 0.432 e. The zero-order valence-electron chi connectivity index (χ0n) is 23.6. The first-order chi connectivity index (χ1) is 21.0. The van der Waals surface area contributed by atoms with Crippen LogP contribution in [0.25, 0.3) is 0 Å². The lowest BCUT2D eigenvalue weighted by Crippen LogP contribution is -2.52. The van der Waals surface area contributed by atoms with Crippen LogP contribution < -0.4 is 15.4 Å². The van der Waals surface area contributed by atoms with Crippen LogP contribution in [0.4, 0.5) is 23.2 Å². The lowest BCUT2D eigenvalue weighted by Gasteiger charge is -2.37. The molecule has 2 saturated heterocycles. The van der Waals surface area contributed by atoms with Crippen LogP contribution in [0.2, 0.25) is 5.02 Å². The fourth-order valence-corrected chi connectivity index (χ4v) is 5.54. The smallest absolute Gasteiger partial charge is 0.387 e. The Hall–Kier alpha value is -4.04. The number of nitrogens with one attached hydrogen (secondary N) is 2. The average Bonchev–Trinajstić information content (AvgIpc) is 3.42. The summed E-state index contributed by atoms with van der Waals surface area (Å²) in [4.78, 5) is 50.7. The van der Waals surface area contributed by atoms with E-state index >= 15 is 0 Å². The number of hydrogen-bond donors (Lipinski definition) is 2. The monoisotopic (exact) mass is 636 g/mol. The van der Waals surface area contributed by atoms with E-state index in [0.717, 1.165) is 44.3 Å². The molecule has 3 heterocycles. The molecule has 1 unspecified atom stereocenters. The first kappa shape index (κ1) is 31.4. The summed E-state index contributed by atoms with van der Waals surface area (Å²) in [6, 6.07) is 6.17. The highest BCUT2D eigenvalue weighted by Gasteiger charge is 2.37. The molecule has 10 nitrogen and oxygen atoms in total. The van der Waals surface area contributed by atoms with Crippen molar-refractivity contribution < 1.29 is 36.7 Å². The van der Waals surface area contributed by atoms with Gasteiger partial charge in [-0.05, 0) is 63.2 Å². The molecule has 234 valence electrons. The van der Waals surface area contributed by atoms with Crippen LogP contribution in [0.15, 0.2) is 40.3 Å². The molecule has 0 bridgehead atoms. The number of nitrogens with zero attached hydrogens (tertiary/aromatic N) is 4. The van der Waals surface area contributed by atoms with Crippen molar-refractivity contribution in [2.24, 2.45) is 15.9 Å². The molecule has 0 aromatic heterocycles. The quantitative estimate of drug-likeness (QED) is 0.450. The topological polar surface area (TPSA) is 116 Å². The van der Waals surface area contributed by atoms with E-state index in [4.69, 9.17) is 11.6 Å². The van der Waals surface area contributed by atoms with E-state index in [0.29, 0.717) is 26.2 Å². The van der Waals surface area contributed by atoms with E-state index in [1.54, 1.807) is 4.90 Å². The molecule has 15 heteroatoms. The van der Waals surface area contributed by atoms with Crippen molar-refractivity contribution in [3.63, 3.8) is 0 Å². The Balaban J connectivity index is 1.21. The minimum absolute atomic E-state index is 0.0102. The lowest BCUT2D eigenvalue weighted by atomic mass is 9.96. The van der Waals surface area contributed by atoms with Gasteiger partial charge >= 0.3 is 6.61 Å². The minimum atomic E-state index is -3.34. The first-order valence-corrected chi connectivity index (χ1v) is 14.3. The normalized spacial score (nSPS) is 20.6. The predicted molar refractivity (Wildman–Crippen MR) is 155 cm³/mol. The summed E-state index contributed by atoms with van der Waals surface area (Å²) in [7, 11) is 0. The second-order valence-corrected chi connectivity index (χ2v) is 11.1. The van der Waals surface area contributed by atoms with E-state index in [1.165, 1.54) is 25.1 Å². The van der Waals surface area contributed by atoms with E-state index in [2.05, 4.69) is 25.4 Å². The molecule has 3 aliphatic rings. The second-order valence-electron chi connectivity index (χ2n) is 10.7. The van der Waals surface area contributed by atoms with E-state index in [9.17, 15) is 31.9 Å². The van der Waals surface area contributed by atoms with Crippen molar-refractivity contribution in [2.75, 3.05) is 44.6 Å². The fourth-order valence-electron chi connectivity index (χ4n) is 5.28. The molecule has 2 fully saturated rings. The van der Waals surface area contributed by atoms with Crippen LogP contribution in [-0.4, -0.2) is 91.0 Å². The molecule has 2 N–H and O–H groups in total. The molecule has 1 atom stereocenters. The zero-order chi connectivity index (χ0) is 31.6.